The molecule has 5 heteroatoms. The van der Waals surface area contributed by atoms with Crippen LogP contribution >= 0.6 is 0 Å². The van der Waals surface area contributed by atoms with E-state index in [9.17, 15) is 9.59 Å². The summed E-state index contributed by atoms with van der Waals surface area (Å²) in [5, 5.41) is 0. The summed E-state index contributed by atoms with van der Waals surface area (Å²) in [5.41, 5.74) is -0.458. The van der Waals surface area contributed by atoms with E-state index in [4.69, 9.17) is 9.47 Å². The van der Waals surface area contributed by atoms with E-state index in [0.717, 1.165) is 13.0 Å². The van der Waals surface area contributed by atoms with Crippen molar-refractivity contribution in [2.75, 3.05) is 19.7 Å². The number of hydrogen-bond donors (Lipinski definition) is 0. The highest BCUT2D eigenvalue weighted by atomic mass is 16.6. The summed E-state index contributed by atoms with van der Waals surface area (Å²) in [5.74, 6) is -0.293. The van der Waals surface area contributed by atoms with Gasteiger partial charge in [0.05, 0.1) is 17.9 Å². The zero-order valence-corrected chi connectivity index (χ0v) is 11.3. The molecule has 18 heavy (non-hydrogen) atoms. The van der Waals surface area contributed by atoms with E-state index in [-0.39, 0.29) is 24.1 Å². The quantitative estimate of drug-likeness (QED) is 0.703. The van der Waals surface area contributed by atoms with E-state index in [0.29, 0.717) is 19.6 Å². The van der Waals surface area contributed by atoms with Crippen molar-refractivity contribution in [2.24, 2.45) is 5.41 Å². The Bertz CT molecular complexity index is 347. The van der Waals surface area contributed by atoms with Gasteiger partial charge in [-0.3, -0.25) is 14.5 Å². The smallest absolute Gasteiger partial charge is 0.311 e. The second kappa shape index (κ2) is 4.88. The van der Waals surface area contributed by atoms with Gasteiger partial charge in [-0.25, -0.2) is 0 Å². The normalized spacial score (nSPS) is 28.1. The lowest BCUT2D eigenvalue weighted by Crippen LogP contribution is -2.36. The van der Waals surface area contributed by atoms with E-state index in [1.807, 2.05) is 20.8 Å². The third-order valence-electron chi connectivity index (χ3n) is 3.48. The number of fused-ring (bicyclic) bond motifs is 1. The minimum atomic E-state index is -0.458. The van der Waals surface area contributed by atoms with Crippen molar-refractivity contribution in [3.05, 3.63) is 0 Å². The maximum absolute atomic E-state index is 11.6. The number of rotatable bonds is 3. The highest BCUT2D eigenvalue weighted by Crippen LogP contribution is 2.29. The van der Waals surface area contributed by atoms with Crippen LogP contribution in [-0.4, -0.2) is 48.7 Å². The fourth-order valence-corrected chi connectivity index (χ4v) is 2.42. The Morgan fingerprint density at radius 1 is 1.50 bits per heavy atom. The first-order valence-corrected chi connectivity index (χ1v) is 6.48. The summed E-state index contributed by atoms with van der Waals surface area (Å²) in [6.45, 7) is 7.49. The molecule has 0 aromatic carbocycles. The molecule has 0 aromatic heterocycles. The number of nitrogens with zero attached hydrogens (tertiary/aromatic N) is 1. The molecule has 5 nitrogen and oxygen atoms in total. The maximum Gasteiger partial charge on any atom is 0.311 e. The number of likely N-dealkylation sites (tertiary alicyclic amines) is 1. The molecule has 0 unspecified atom stereocenters. The lowest BCUT2D eigenvalue weighted by molar-refractivity contribution is -0.153. The van der Waals surface area contributed by atoms with Crippen molar-refractivity contribution in [3.8, 4) is 0 Å². The lowest BCUT2D eigenvalue weighted by Gasteiger charge is -2.22. The Morgan fingerprint density at radius 2 is 2.22 bits per heavy atom. The van der Waals surface area contributed by atoms with Crippen LogP contribution in [0.2, 0.25) is 0 Å². The zero-order chi connectivity index (χ0) is 13.3. The van der Waals surface area contributed by atoms with E-state index >= 15 is 0 Å². The molecule has 2 aliphatic rings. The number of hydrogen-bond acceptors (Lipinski definition) is 5. The summed E-state index contributed by atoms with van der Waals surface area (Å²) in [7, 11) is 0. The minimum absolute atomic E-state index is 0.0517. The number of carbonyl (C=O) groups is 2. The van der Waals surface area contributed by atoms with Gasteiger partial charge in [0.15, 0.2) is 0 Å². The molecule has 2 rings (SSSR count). The van der Waals surface area contributed by atoms with Crippen LogP contribution in [0.1, 0.15) is 33.6 Å². The molecular formula is C13H21NO4. The Hall–Kier alpha value is -1.10. The Kier molecular flexibility index (Phi) is 3.61. The van der Waals surface area contributed by atoms with Crippen LogP contribution in [0.4, 0.5) is 0 Å². The van der Waals surface area contributed by atoms with Gasteiger partial charge in [0.1, 0.15) is 12.7 Å². The van der Waals surface area contributed by atoms with Crippen LogP contribution in [-0.2, 0) is 19.1 Å². The monoisotopic (exact) mass is 255 g/mol. The van der Waals surface area contributed by atoms with Crippen LogP contribution in [0.15, 0.2) is 0 Å². The highest BCUT2D eigenvalue weighted by molar-refractivity contribution is 5.75. The predicted octanol–water partition coefficient (Wildman–Crippen LogP) is 0.966. The molecule has 0 amide bonds. The second-order valence-corrected chi connectivity index (χ2v) is 6.01. The molecule has 2 saturated heterocycles. The van der Waals surface area contributed by atoms with E-state index in [2.05, 4.69) is 4.90 Å². The van der Waals surface area contributed by atoms with Crippen molar-refractivity contribution in [3.63, 3.8) is 0 Å². The standard InChI is InChI=1S/C13H21NO4/c1-13(2,3)12(16)17-7-6-14-5-4-10-9(14)8-11(15)18-10/h9-10H,4-8H2,1-3H3/t9-,10-/m1/s1. The van der Waals surface area contributed by atoms with Crippen LogP contribution in [0.5, 0.6) is 0 Å². The molecule has 2 aliphatic heterocycles. The molecule has 2 atom stereocenters. The van der Waals surface area contributed by atoms with Crippen molar-refractivity contribution in [2.45, 2.75) is 45.8 Å². The van der Waals surface area contributed by atoms with Crippen molar-refractivity contribution in [1.29, 1.82) is 0 Å². The summed E-state index contributed by atoms with van der Waals surface area (Å²) < 4.78 is 10.4. The van der Waals surface area contributed by atoms with Gasteiger partial charge in [0.2, 0.25) is 0 Å². The Labute approximate surface area is 107 Å². The molecule has 0 aliphatic carbocycles. The molecule has 0 radical (unpaired) electrons. The maximum atomic E-state index is 11.6. The van der Waals surface area contributed by atoms with Gasteiger partial charge in [-0.1, -0.05) is 0 Å². The topological polar surface area (TPSA) is 55.8 Å². The third-order valence-corrected chi connectivity index (χ3v) is 3.48. The molecule has 2 heterocycles. The van der Waals surface area contributed by atoms with Gasteiger partial charge in [-0.2, -0.15) is 0 Å². The molecule has 0 spiro atoms. The van der Waals surface area contributed by atoms with E-state index in [1.165, 1.54) is 0 Å². The van der Waals surface area contributed by atoms with Gasteiger partial charge in [-0.05, 0) is 27.2 Å². The van der Waals surface area contributed by atoms with Crippen LogP contribution < -0.4 is 0 Å². The summed E-state index contributed by atoms with van der Waals surface area (Å²) in [4.78, 5) is 25.0. The molecule has 0 bridgehead atoms. The first kappa shape index (κ1) is 13.3. The predicted molar refractivity (Wildman–Crippen MR) is 64.9 cm³/mol. The van der Waals surface area contributed by atoms with Crippen LogP contribution in [0.3, 0.4) is 0 Å². The van der Waals surface area contributed by atoms with Gasteiger partial charge >= 0.3 is 11.9 Å². The van der Waals surface area contributed by atoms with Crippen molar-refractivity contribution in [1.82, 2.24) is 4.90 Å². The largest absolute Gasteiger partial charge is 0.464 e. The average molecular weight is 255 g/mol. The number of carbonyl (C=O) groups excluding carboxylic acids is 2. The first-order valence-electron chi connectivity index (χ1n) is 6.48. The van der Waals surface area contributed by atoms with E-state index < -0.39 is 5.41 Å². The average Bonchev–Trinajstić information content (AvgIpc) is 2.77. The Morgan fingerprint density at radius 3 is 2.89 bits per heavy atom. The molecular weight excluding hydrogens is 234 g/mol. The van der Waals surface area contributed by atoms with Gasteiger partial charge < -0.3 is 9.47 Å². The van der Waals surface area contributed by atoms with Crippen LogP contribution in [0.25, 0.3) is 0 Å². The van der Waals surface area contributed by atoms with E-state index in [1.54, 1.807) is 0 Å². The summed E-state index contributed by atoms with van der Waals surface area (Å²) in [6, 6.07) is 0.186. The van der Waals surface area contributed by atoms with Crippen LogP contribution in [0, 0.1) is 5.41 Å². The fraction of sp³-hybridized carbons (Fsp3) is 0.846. The van der Waals surface area contributed by atoms with Gasteiger partial charge in [0, 0.05) is 13.1 Å². The molecule has 0 saturated carbocycles. The molecule has 0 aromatic rings. The number of ether oxygens (including phenoxy) is 2. The Balaban J connectivity index is 1.75. The van der Waals surface area contributed by atoms with Gasteiger partial charge in [-0.15, -0.1) is 0 Å². The SMILES string of the molecule is CC(C)(C)C(=O)OCCN1CC[C@H]2OC(=O)C[C@H]21. The zero-order valence-electron chi connectivity index (χ0n) is 11.3. The van der Waals surface area contributed by atoms with Crippen molar-refractivity contribution < 1.29 is 19.1 Å². The fourth-order valence-electron chi connectivity index (χ4n) is 2.42. The summed E-state index contributed by atoms with van der Waals surface area (Å²) in [6.07, 6.45) is 1.41. The molecule has 2 fully saturated rings. The van der Waals surface area contributed by atoms with Gasteiger partial charge in [0.25, 0.3) is 0 Å². The molecule has 102 valence electrons. The first-order chi connectivity index (χ1) is 8.38. The van der Waals surface area contributed by atoms with Crippen molar-refractivity contribution >= 4 is 11.9 Å². The molecule has 0 N–H and O–H groups in total. The minimum Gasteiger partial charge on any atom is -0.464 e. The second-order valence-electron chi connectivity index (χ2n) is 6.01. The third kappa shape index (κ3) is 2.83. The number of esters is 2. The highest BCUT2D eigenvalue weighted by Gasteiger charge is 2.43. The lowest BCUT2D eigenvalue weighted by atomic mass is 9.97. The summed E-state index contributed by atoms with van der Waals surface area (Å²) >= 11 is 0.